The molecule has 2 N–H and O–H groups in total. The van der Waals surface area contributed by atoms with E-state index >= 15 is 0 Å². The van der Waals surface area contributed by atoms with Crippen molar-refractivity contribution in [3.63, 3.8) is 0 Å². The first-order valence-electron chi connectivity index (χ1n) is 11.2. The second-order valence-electron chi connectivity index (χ2n) is 9.08. The van der Waals surface area contributed by atoms with Gasteiger partial charge in [-0.2, -0.15) is 0 Å². The Bertz CT molecular complexity index is 784. The first-order valence-corrected chi connectivity index (χ1v) is 11.7. The molecule has 2 fully saturated rings. The molecule has 1 aliphatic carbocycles. The number of carbonyl (C=O) groups excluding carboxylic acids is 1. The lowest BCUT2D eigenvalue weighted by atomic mass is 9.92. The van der Waals surface area contributed by atoms with E-state index in [4.69, 9.17) is 21.3 Å². The Labute approximate surface area is 184 Å². The molecule has 4 unspecified atom stereocenters. The number of alkyl halides is 1. The lowest BCUT2D eigenvalue weighted by Crippen LogP contribution is -2.54. The number of hydrogen-bond donors (Lipinski definition) is 2. The SMILES string of the molecule is CC(C)CNC(=O)CC1CN(C2=NC3CC(Cl)CCC3Oc3ccccc32)CCN1. The van der Waals surface area contributed by atoms with E-state index in [1.807, 2.05) is 18.2 Å². The second kappa shape index (κ2) is 9.56. The molecule has 7 heteroatoms. The summed E-state index contributed by atoms with van der Waals surface area (Å²) in [5.74, 6) is 2.45. The molecule has 4 atom stereocenters. The number of benzene rings is 1. The summed E-state index contributed by atoms with van der Waals surface area (Å²) in [5, 5.41) is 6.68. The van der Waals surface area contributed by atoms with Crippen LogP contribution in [0.25, 0.3) is 0 Å². The summed E-state index contributed by atoms with van der Waals surface area (Å²) in [4.78, 5) is 19.9. The van der Waals surface area contributed by atoms with Gasteiger partial charge in [-0.25, -0.2) is 0 Å². The van der Waals surface area contributed by atoms with E-state index in [0.717, 1.165) is 62.6 Å². The maximum atomic E-state index is 12.3. The summed E-state index contributed by atoms with van der Waals surface area (Å²) in [7, 11) is 0. The van der Waals surface area contributed by atoms with Gasteiger partial charge in [0.25, 0.3) is 0 Å². The highest BCUT2D eigenvalue weighted by molar-refractivity contribution is 6.20. The summed E-state index contributed by atoms with van der Waals surface area (Å²) in [6.07, 6.45) is 3.31. The average Bonchev–Trinajstić information content (AvgIpc) is 2.89. The topological polar surface area (TPSA) is 66.0 Å². The smallest absolute Gasteiger partial charge is 0.221 e. The van der Waals surface area contributed by atoms with E-state index in [9.17, 15) is 4.79 Å². The quantitative estimate of drug-likeness (QED) is 0.718. The third kappa shape index (κ3) is 5.09. The average molecular weight is 433 g/mol. The molecule has 0 radical (unpaired) electrons. The Morgan fingerprint density at radius 3 is 3.03 bits per heavy atom. The monoisotopic (exact) mass is 432 g/mol. The number of halogens is 1. The molecule has 0 bridgehead atoms. The molecule has 0 spiro atoms. The molecule has 1 aromatic rings. The predicted molar refractivity (Wildman–Crippen MR) is 121 cm³/mol. The molecule has 164 valence electrons. The molecule has 1 aromatic carbocycles. The van der Waals surface area contributed by atoms with Gasteiger partial charge in [-0.15, -0.1) is 11.6 Å². The van der Waals surface area contributed by atoms with Gasteiger partial charge in [0.2, 0.25) is 5.91 Å². The molecule has 6 nitrogen and oxygen atoms in total. The zero-order chi connectivity index (χ0) is 21.1. The van der Waals surface area contributed by atoms with Crippen molar-refractivity contribution >= 4 is 23.3 Å². The van der Waals surface area contributed by atoms with Crippen LogP contribution in [0, 0.1) is 5.92 Å². The fourth-order valence-corrected chi connectivity index (χ4v) is 4.82. The van der Waals surface area contributed by atoms with Crippen LogP contribution in [0.5, 0.6) is 5.75 Å². The zero-order valence-electron chi connectivity index (χ0n) is 17.9. The van der Waals surface area contributed by atoms with E-state index in [1.165, 1.54) is 0 Å². The molecule has 2 aliphatic heterocycles. The van der Waals surface area contributed by atoms with Crippen molar-refractivity contribution < 1.29 is 9.53 Å². The number of hydrogen-bond acceptors (Lipinski definition) is 5. The minimum Gasteiger partial charge on any atom is -0.487 e. The number of ether oxygens (including phenoxy) is 1. The summed E-state index contributed by atoms with van der Waals surface area (Å²) in [5.41, 5.74) is 1.04. The third-order valence-electron chi connectivity index (χ3n) is 6.08. The normalized spacial score (nSPS) is 28.7. The van der Waals surface area contributed by atoms with Gasteiger partial charge >= 0.3 is 0 Å². The Morgan fingerprint density at radius 1 is 1.37 bits per heavy atom. The molecule has 3 aliphatic rings. The van der Waals surface area contributed by atoms with Crippen LogP contribution in [0.15, 0.2) is 29.3 Å². The molecular formula is C23H33ClN4O2. The van der Waals surface area contributed by atoms with Crippen molar-refractivity contribution in [3.05, 3.63) is 29.8 Å². The second-order valence-corrected chi connectivity index (χ2v) is 9.70. The van der Waals surface area contributed by atoms with Crippen molar-refractivity contribution in [1.29, 1.82) is 0 Å². The van der Waals surface area contributed by atoms with E-state index in [-0.39, 0.29) is 29.5 Å². The van der Waals surface area contributed by atoms with Crippen molar-refractivity contribution in [2.24, 2.45) is 10.9 Å². The zero-order valence-corrected chi connectivity index (χ0v) is 18.7. The maximum absolute atomic E-state index is 12.3. The Kier molecular flexibility index (Phi) is 6.84. The van der Waals surface area contributed by atoms with Crippen LogP contribution in [-0.2, 0) is 4.79 Å². The lowest BCUT2D eigenvalue weighted by molar-refractivity contribution is -0.121. The van der Waals surface area contributed by atoms with Crippen LogP contribution < -0.4 is 15.4 Å². The van der Waals surface area contributed by atoms with Crippen LogP contribution >= 0.6 is 11.6 Å². The number of nitrogens with zero attached hydrogens (tertiary/aromatic N) is 2. The van der Waals surface area contributed by atoms with Crippen LogP contribution in [0.1, 0.15) is 45.1 Å². The van der Waals surface area contributed by atoms with E-state index in [2.05, 4.69) is 35.4 Å². The Morgan fingerprint density at radius 2 is 2.20 bits per heavy atom. The van der Waals surface area contributed by atoms with Crippen molar-refractivity contribution in [2.45, 2.75) is 63.1 Å². The Hall–Kier alpha value is -1.79. The number of piperazine rings is 1. The molecule has 4 rings (SSSR count). The molecule has 1 saturated carbocycles. The molecule has 30 heavy (non-hydrogen) atoms. The number of para-hydroxylation sites is 1. The van der Waals surface area contributed by atoms with Gasteiger partial charge in [0.05, 0.1) is 11.6 Å². The summed E-state index contributed by atoms with van der Waals surface area (Å²) in [6.45, 7) is 7.37. The highest BCUT2D eigenvalue weighted by Gasteiger charge is 2.36. The van der Waals surface area contributed by atoms with Gasteiger partial charge in [-0.1, -0.05) is 26.0 Å². The van der Waals surface area contributed by atoms with Gasteiger partial charge < -0.3 is 20.3 Å². The highest BCUT2D eigenvalue weighted by Crippen LogP contribution is 2.34. The lowest BCUT2D eigenvalue weighted by Gasteiger charge is -2.36. The first kappa shape index (κ1) is 21.4. The summed E-state index contributed by atoms with van der Waals surface area (Å²) < 4.78 is 6.40. The number of amidine groups is 1. The molecule has 2 heterocycles. The van der Waals surface area contributed by atoms with Crippen LogP contribution in [0.2, 0.25) is 0 Å². The van der Waals surface area contributed by atoms with Gasteiger partial charge in [0.1, 0.15) is 17.7 Å². The molecule has 1 amide bonds. The fourth-order valence-electron chi connectivity index (χ4n) is 4.51. The van der Waals surface area contributed by atoms with Crippen LogP contribution in [0.3, 0.4) is 0 Å². The van der Waals surface area contributed by atoms with Gasteiger partial charge in [0.15, 0.2) is 0 Å². The minimum atomic E-state index is 0.0753. The predicted octanol–water partition coefficient (Wildman–Crippen LogP) is 2.79. The number of rotatable bonds is 4. The van der Waals surface area contributed by atoms with E-state index in [0.29, 0.717) is 12.3 Å². The van der Waals surface area contributed by atoms with Crippen molar-refractivity contribution in [2.75, 3.05) is 26.2 Å². The fraction of sp³-hybridized carbons (Fsp3) is 0.652. The Balaban J connectivity index is 1.52. The summed E-state index contributed by atoms with van der Waals surface area (Å²) >= 11 is 6.47. The summed E-state index contributed by atoms with van der Waals surface area (Å²) in [6, 6.07) is 8.37. The van der Waals surface area contributed by atoms with Crippen LogP contribution in [-0.4, -0.2) is 66.4 Å². The molecule has 0 aromatic heterocycles. The molecule has 1 saturated heterocycles. The number of aliphatic imine (C=N–C) groups is 1. The maximum Gasteiger partial charge on any atom is 0.221 e. The first-order chi connectivity index (χ1) is 14.5. The standard InChI is InChI=1S/C23H33ClN4O2/c1-15(2)13-26-22(29)12-17-14-28(10-9-25-17)23-18-5-3-4-6-20(18)30-21-8-7-16(24)11-19(21)27-23/h3-6,15-17,19,21,25H,7-14H2,1-2H3,(H,26,29). The number of fused-ring (bicyclic) bond motifs is 2. The number of amides is 1. The highest BCUT2D eigenvalue weighted by atomic mass is 35.5. The van der Waals surface area contributed by atoms with E-state index < -0.39 is 0 Å². The number of nitrogens with one attached hydrogen (secondary N) is 2. The number of carbonyl (C=O) groups is 1. The van der Waals surface area contributed by atoms with Gasteiger partial charge in [-0.3, -0.25) is 9.79 Å². The van der Waals surface area contributed by atoms with Crippen LogP contribution in [0.4, 0.5) is 0 Å². The van der Waals surface area contributed by atoms with Gasteiger partial charge in [0, 0.05) is 44.0 Å². The minimum absolute atomic E-state index is 0.0753. The molecular weight excluding hydrogens is 400 g/mol. The van der Waals surface area contributed by atoms with Crippen molar-refractivity contribution in [3.8, 4) is 5.75 Å². The van der Waals surface area contributed by atoms with E-state index in [1.54, 1.807) is 0 Å². The van der Waals surface area contributed by atoms with Crippen molar-refractivity contribution in [1.82, 2.24) is 15.5 Å². The van der Waals surface area contributed by atoms with Gasteiger partial charge in [-0.05, 0) is 37.3 Å². The largest absolute Gasteiger partial charge is 0.487 e. The third-order valence-corrected chi connectivity index (χ3v) is 6.48.